The van der Waals surface area contributed by atoms with E-state index in [4.69, 9.17) is 0 Å². The van der Waals surface area contributed by atoms with Gasteiger partial charge in [-0.05, 0) is 26.7 Å². The van der Waals surface area contributed by atoms with Crippen molar-refractivity contribution in [2.75, 3.05) is 11.9 Å². The molecule has 1 atom stereocenters. The average Bonchev–Trinajstić information content (AvgIpc) is 2.76. The Morgan fingerprint density at radius 3 is 2.58 bits per heavy atom. The first-order chi connectivity index (χ1) is 9.19. The van der Waals surface area contributed by atoms with Gasteiger partial charge in [0.1, 0.15) is 0 Å². The van der Waals surface area contributed by atoms with E-state index in [1.54, 1.807) is 0 Å². The molecule has 0 aliphatic carbocycles. The quantitative estimate of drug-likeness (QED) is 0.608. The number of rotatable bonds is 10. The van der Waals surface area contributed by atoms with E-state index >= 15 is 0 Å². The fourth-order valence-electron chi connectivity index (χ4n) is 2.37. The second kappa shape index (κ2) is 9.00. The van der Waals surface area contributed by atoms with E-state index in [-0.39, 0.29) is 0 Å². The number of aryl methyl sites for hydroxylation is 1. The van der Waals surface area contributed by atoms with Crippen molar-refractivity contribution >= 4 is 5.95 Å². The second-order valence-electron chi connectivity index (χ2n) is 5.59. The summed E-state index contributed by atoms with van der Waals surface area (Å²) in [7, 11) is 0. The number of hydrogen-bond donors (Lipinski definition) is 1. The van der Waals surface area contributed by atoms with Crippen molar-refractivity contribution in [3.63, 3.8) is 0 Å². The Labute approximate surface area is 118 Å². The van der Waals surface area contributed by atoms with Crippen LogP contribution in [0.4, 0.5) is 5.95 Å². The maximum Gasteiger partial charge on any atom is 0.203 e. The highest BCUT2D eigenvalue weighted by Gasteiger charge is 2.11. The Bertz CT molecular complexity index is 344. The number of hydrogen-bond acceptors (Lipinski definition) is 2. The SMILES string of the molecule is CCCCCCC(C)n1cc(C)nc1NCCCC. The zero-order valence-electron chi connectivity index (χ0n) is 13.2. The van der Waals surface area contributed by atoms with E-state index in [0.29, 0.717) is 6.04 Å². The van der Waals surface area contributed by atoms with Gasteiger partial charge in [-0.2, -0.15) is 0 Å². The van der Waals surface area contributed by atoms with Crippen LogP contribution in [0.2, 0.25) is 0 Å². The van der Waals surface area contributed by atoms with Crippen LogP contribution in [-0.4, -0.2) is 16.1 Å². The summed E-state index contributed by atoms with van der Waals surface area (Å²) >= 11 is 0. The van der Waals surface area contributed by atoms with E-state index in [1.165, 1.54) is 44.9 Å². The minimum Gasteiger partial charge on any atom is -0.356 e. The van der Waals surface area contributed by atoms with Crippen molar-refractivity contribution in [1.82, 2.24) is 9.55 Å². The van der Waals surface area contributed by atoms with Crippen molar-refractivity contribution in [3.05, 3.63) is 11.9 Å². The lowest BCUT2D eigenvalue weighted by Crippen LogP contribution is -2.11. The van der Waals surface area contributed by atoms with Crippen molar-refractivity contribution < 1.29 is 0 Å². The van der Waals surface area contributed by atoms with Crippen LogP contribution in [0.3, 0.4) is 0 Å². The molecule has 1 heterocycles. The Morgan fingerprint density at radius 2 is 1.89 bits per heavy atom. The summed E-state index contributed by atoms with van der Waals surface area (Å²) in [4.78, 5) is 4.60. The van der Waals surface area contributed by atoms with Crippen LogP contribution < -0.4 is 5.32 Å². The first kappa shape index (κ1) is 16.1. The molecular formula is C16H31N3. The van der Waals surface area contributed by atoms with Gasteiger partial charge in [0.25, 0.3) is 0 Å². The van der Waals surface area contributed by atoms with Crippen LogP contribution in [0.5, 0.6) is 0 Å². The summed E-state index contributed by atoms with van der Waals surface area (Å²) in [5.74, 6) is 1.05. The molecule has 1 N–H and O–H groups in total. The van der Waals surface area contributed by atoms with Gasteiger partial charge in [-0.3, -0.25) is 0 Å². The molecule has 3 heteroatoms. The average molecular weight is 265 g/mol. The van der Waals surface area contributed by atoms with Crippen LogP contribution in [0.1, 0.15) is 77.5 Å². The highest BCUT2D eigenvalue weighted by atomic mass is 15.2. The number of nitrogens with zero attached hydrogens (tertiary/aromatic N) is 2. The standard InChI is InChI=1S/C16H31N3/c1-5-7-9-10-11-15(4)19-13-14(3)18-16(19)17-12-8-6-2/h13,15H,5-12H2,1-4H3,(H,17,18). The predicted octanol–water partition coefficient (Wildman–Crippen LogP) is 4.93. The molecule has 0 bridgehead atoms. The molecule has 0 aromatic carbocycles. The van der Waals surface area contributed by atoms with E-state index in [2.05, 4.69) is 48.8 Å². The van der Waals surface area contributed by atoms with Crippen LogP contribution in [-0.2, 0) is 0 Å². The van der Waals surface area contributed by atoms with Gasteiger partial charge in [0, 0.05) is 18.8 Å². The van der Waals surface area contributed by atoms with Crippen LogP contribution in [0.15, 0.2) is 6.20 Å². The molecule has 0 saturated carbocycles. The molecule has 110 valence electrons. The molecule has 1 aromatic heterocycles. The lowest BCUT2D eigenvalue weighted by Gasteiger charge is -2.17. The molecular weight excluding hydrogens is 234 g/mol. The Kier molecular flexibility index (Phi) is 7.61. The fraction of sp³-hybridized carbons (Fsp3) is 0.812. The van der Waals surface area contributed by atoms with Gasteiger partial charge in [-0.15, -0.1) is 0 Å². The number of nitrogens with one attached hydrogen (secondary N) is 1. The summed E-state index contributed by atoms with van der Waals surface area (Å²) < 4.78 is 2.32. The third-order valence-electron chi connectivity index (χ3n) is 3.62. The number of anilines is 1. The second-order valence-corrected chi connectivity index (χ2v) is 5.59. The third-order valence-corrected chi connectivity index (χ3v) is 3.62. The molecule has 0 radical (unpaired) electrons. The number of imidazole rings is 1. The Morgan fingerprint density at radius 1 is 1.16 bits per heavy atom. The number of aromatic nitrogens is 2. The molecule has 1 rings (SSSR count). The number of unbranched alkanes of at least 4 members (excludes halogenated alkanes) is 4. The molecule has 0 aliphatic heterocycles. The summed E-state index contributed by atoms with van der Waals surface area (Å²) in [5, 5.41) is 3.47. The molecule has 1 aromatic rings. The molecule has 0 aliphatic rings. The maximum absolute atomic E-state index is 4.60. The van der Waals surface area contributed by atoms with Crippen LogP contribution in [0.25, 0.3) is 0 Å². The Balaban J connectivity index is 2.49. The summed E-state index contributed by atoms with van der Waals surface area (Å²) in [6.07, 6.45) is 11.2. The summed E-state index contributed by atoms with van der Waals surface area (Å²) in [5.41, 5.74) is 1.11. The van der Waals surface area contributed by atoms with Gasteiger partial charge < -0.3 is 9.88 Å². The smallest absolute Gasteiger partial charge is 0.203 e. The van der Waals surface area contributed by atoms with Crippen molar-refractivity contribution in [2.45, 2.75) is 78.7 Å². The highest BCUT2D eigenvalue weighted by Crippen LogP contribution is 2.21. The van der Waals surface area contributed by atoms with Crippen molar-refractivity contribution in [3.8, 4) is 0 Å². The molecule has 1 unspecified atom stereocenters. The van der Waals surface area contributed by atoms with E-state index in [1.807, 2.05) is 0 Å². The molecule has 0 fully saturated rings. The van der Waals surface area contributed by atoms with E-state index in [9.17, 15) is 0 Å². The van der Waals surface area contributed by atoms with Gasteiger partial charge in [-0.1, -0.05) is 46.0 Å². The van der Waals surface area contributed by atoms with Crippen molar-refractivity contribution in [1.29, 1.82) is 0 Å². The Hall–Kier alpha value is -0.990. The molecule has 0 amide bonds. The molecule has 0 spiro atoms. The van der Waals surface area contributed by atoms with E-state index < -0.39 is 0 Å². The van der Waals surface area contributed by atoms with Crippen molar-refractivity contribution in [2.24, 2.45) is 0 Å². The minimum absolute atomic E-state index is 0.544. The normalized spacial score (nSPS) is 12.6. The van der Waals surface area contributed by atoms with Crippen LogP contribution >= 0.6 is 0 Å². The summed E-state index contributed by atoms with van der Waals surface area (Å²) in [6, 6.07) is 0.544. The largest absolute Gasteiger partial charge is 0.356 e. The minimum atomic E-state index is 0.544. The van der Waals surface area contributed by atoms with Gasteiger partial charge >= 0.3 is 0 Å². The molecule has 3 nitrogen and oxygen atoms in total. The lowest BCUT2D eigenvalue weighted by molar-refractivity contribution is 0.475. The fourth-order valence-corrected chi connectivity index (χ4v) is 2.37. The van der Waals surface area contributed by atoms with Gasteiger partial charge in [-0.25, -0.2) is 4.98 Å². The zero-order chi connectivity index (χ0) is 14.1. The van der Waals surface area contributed by atoms with Gasteiger partial charge in [0.05, 0.1) is 5.69 Å². The first-order valence-corrected chi connectivity index (χ1v) is 7.98. The summed E-state index contributed by atoms with van der Waals surface area (Å²) in [6.45, 7) is 9.88. The van der Waals surface area contributed by atoms with Gasteiger partial charge in [0.15, 0.2) is 0 Å². The van der Waals surface area contributed by atoms with Crippen LogP contribution in [0, 0.1) is 6.92 Å². The van der Waals surface area contributed by atoms with E-state index in [0.717, 1.165) is 18.2 Å². The zero-order valence-corrected chi connectivity index (χ0v) is 13.2. The molecule has 0 saturated heterocycles. The topological polar surface area (TPSA) is 29.9 Å². The molecule has 19 heavy (non-hydrogen) atoms. The maximum atomic E-state index is 4.60. The first-order valence-electron chi connectivity index (χ1n) is 7.98. The third kappa shape index (κ3) is 5.66. The lowest BCUT2D eigenvalue weighted by atomic mass is 10.1. The highest BCUT2D eigenvalue weighted by molar-refractivity contribution is 5.29. The monoisotopic (exact) mass is 265 g/mol. The predicted molar refractivity (Wildman–Crippen MR) is 83.8 cm³/mol. The van der Waals surface area contributed by atoms with Gasteiger partial charge in [0.2, 0.25) is 5.95 Å².